The molecule has 1 heterocycles. The zero-order valence-electron chi connectivity index (χ0n) is 15.0. The molecule has 134 valence electrons. The molecule has 1 fully saturated rings. The number of likely N-dealkylation sites (tertiary alicyclic amines) is 1. The molecule has 0 radical (unpaired) electrons. The van der Waals surface area contributed by atoms with Crippen LogP contribution in [0.5, 0.6) is 0 Å². The van der Waals surface area contributed by atoms with Gasteiger partial charge in [-0.15, -0.1) is 12.4 Å². The Labute approximate surface area is 156 Å². The third-order valence-corrected chi connectivity index (χ3v) is 4.78. The number of hydrogen-bond donors (Lipinski definition) is 1. The Morgan fingerprint density at radius 1 is 1.04 bits per heavy atom. The van der Waals surface area contributed by atoms with Crippen molar-refractivity contribution >= 4 is 18.3 Å². The molecule has 25 heavy (non-hydrogen) atoms. The molecule has 1 aliphatic rings. The summed E-state index contributed by atoms with van der Waals surface area (Å²) in [7, 11) is 0. The van der Waals surface area contributed by atoms with Crippen molar-refractivity contribution in [1.82, 2.24) is 10.2 Å². The summed E-state index contributed by atoms with van der Waals surface area (Å²) in [6, 6.07) is 16.7. The highest BCUT2D eigenvalue weighted by molar-refractivity contribution is 5.94. The van der Waals surface area contributed by atoms with Gasteiger partial charge in [-0.1, -0.05) is 47.5 Å². The molecular formula is C21H27ClN2O. The van der Waals surface area contributed by atoms with Gasteiger partial charge in [0.05, 0.1) is 6.04 Å². The molecule has 0 aromatic heterocycles. The van der Waals surface area contributed by atoms with Gasteiger partial charge >= 0.3 is 0 Å². The van der Waals surface area contributed by atoms with Crippen molar-refractivity contribution in [2.45, 2.75) is 32.7 Å². The number of carbonyl (C=O) groups excluding carboxylic acids is 1. The monoisotopic (exact) mass is 358 g/mol. The fourth-order valence-electron chi connectivity index (χ4n) is 3.38. The van der Waals surface area contributed by atoms with Crippen LogP contribution < -0.4 is 5.32 Å². The first kappa shape index (κ1) is 19.5. The Morgan fingerprint density at radius 2 is 1.72 bits per heavy atom. The van der Waals surface area contributed by atoms with E-state index in [2.05, 4.69) is 41.4 Å². The molecule has 1 saturated heterocycles. The predicted octanol–water partition coefficient (Wildman–Crippen LogP) is 4.29. The van der Waals surface area contributed by atoms with E-state index in [-0.39, 0.29) is 24.4 Å². The van der Waals surface area contributed by atoms with Crippen molar-refractivity contribution in [2.75, 3.05) is 19.6 Å². The van der Waals surface area contributed by atoms with Crippen LogP contribution >= 0.6 is 12.4 Å². The molecule has 4 heteroatoms. The van der Waals surface area contributed by atoms with Crippen LogP contribution in [0.4, 0.5) is 0 Å². The fraction of sp³-hybridized carbons (Fsp3) is 0.381. The number of halogens is 1. The maximum Gasteiger partial charge on any atom is 0.251 e. The van der Waals surface area contributed by atoms with E-state index in [4.69, 9.17) is 0 Å². The Hall–Kier alpha value is -1.84. The second-order valence-corrected chi connectivity index (χ2v) is 6.75. The van der Waals surface area contributed by atoms with E-state index < -0.39 is 0 Å². The number of hydrogen-bond acceptors (Lipinski definition) is 2. The Morgan fingerprint density at radius 3 is 2.36 bits per heavy atom. The maximum absolute atomic E-state index is 12.5. The normalized spacial score (nSPS) is 15.4. The lowest BCUT2D eigenvalue weighted by atomic mass is 10.0. The van der Waals surface area contributed by atoms with Gasteiger partial charge in [-0.2, -0.15) is 0 Å². The van der Waals surface area contributed by atoms with E-state index in [9.17, 15) is 4.79 Å². The van der Waals surface area contributed by atoms with Gasteiger partial charge in [0.25, 0.3) is 5.91 Å². The molecule has 1 unspecified atom stereocenters. The SMILES string of the molecule is Cc1ccc(C(CNC(=O)c2cccc(C)c2)N2CCCC2)cc1.Cl. The second-order valence-electron chi connectivity index (χ2n) is 6.75. The smallest absolute Gasteiger partial charge is 0.251 e. The van der Waals surface area contributed by atoms with Crippen LogP contribution in [0, 0.1) is 13.8 Å². The van der Waals surface area contributed by atoms with Gasteiger partial charge in [0.2, 0.25) is 0 Å². The van der Waals surface area contributed by atoms with E-state index in [0.717, 1.165) is 24.2 Å². The van der Waals surface area contributed by atoms with E-state index in [0.29, 0.717) is 6.54 Å². The molecular weight excluding hydrogens is 332 g/mol. The minimum Gasteiger partial charge on any atom is -0.350 e. The average Bonchev–Trinajstić information content (AvgIpc) is 3.11. The summed E-state index contributed by atoms with van der Waals surface area (Å²) in [6.45, 7) is 6.98. The van der Waals surface area contributed by atoms with Crippen LogP contribution in [-0.2, 0) is 0 Å². The van der Waals surface area contributed by atoms with Crippen LogP contribution in [-0.4, -0.2) is 30.4 Å². The molecule has 1 atom stereocenters. The number of carbonyl (C=O) groups is 1. The van der Waals surface area contributed by atoms with E-state index in [1.807, 2.05) is 31.2 Å². The third kappa shape index (κ3) is 5.07. The van der Waals surface area contributed by atoms with E-state index in [1.54, 1.807) is 0 Å². The van der Waals surface area contributed by atoms with Crippen LogP contribution in [0.15, 0.2) is 48.5 Å². The second kappa shape index (κ2) is 9.02. The number of nitrogens with zero attached hydrogens (tertiary/aromatic N) is 1. The van der Waals surface area contributed by atoms with Gasteiger partial charge in [0.1, 0.15) is 0 Å². The molecule has 0 spiro atoms. The fourth-order valence-corrected chi connectivity index (χ4v) is 3.38. The van der Waals surface area contributed by atoms with Crippen LogP contribution in [0.2, 0.25) is 0 Å². The van der Waals surface area contributed by atoms with Crippen LogP contribution in [0.1, 0.15) is 45.9 Å². The van der Waals surface area contributed by atoms with Crippen molar-refractivity contribution in [2.24, 2.45) is 0 Å². The van der Waals surface area contributed by atoms with Crippen molar-refractivity contribution in [3.05, 3.63) is 70.8 Å². The first-order chi connectivity index (χ1) is 11.6. The lowest BCUT2D eigenvalue weighted by Crippen LogP contribution is -2.36. The summed E-state index contributed by atoms with van der Waals surface area (Å²) < 4.78 is 0. The van der Waals surface area contributed by atoms with Gasteiger partial charge in [-0.25, -0.2) is 0 Å². The molecule has 0 saturated carbocycles. The Balaban J connectivity index is 0.00000225. The molecule has 0 bridgehead atoms. The standard InChI is InChI=1S/C21H26N2O.ClH/c1-16-8-10-18(11-9-16)20(23-12-3-4-13-23)15-22-21(24)19-7-5-6-17(2)14-19;/h5-11,14,20H,3-4,12-13,15H2,1-2H3,(H,22,24);1H. The van der Waals surface area contributed by atoms with Gasteiger partial charge < -0.3 is 5.32 Å². The summed E-state index contributed by atoms with van der Waals surface area (Å²) in [4.78, 5) is 15.0. The molecule has 2 aromatic rings. The van der Waals surface area contributed by atoms with Gasteiger partial charge in [-0.3, -0.25) is 9.69 Å². The molecule has 3 rings (SSSR count). The van der Waals surface area contributed by atoms with Crippen molar-refractivity contribution < 1.29 is 4.79 Å². The van der Waals surface area contributed by atoms with Crippen molar-refractivity contribution in [3.8, 4) is 0 Å². The quantitative estimate of drug-likeness (QED) is 0.864. The summed E-state index contributed by atoms with van der Waals surface area (Å²) in [5.41, 5.74) is 4.39. The van der Waals surface area contributed by atoms with Crippen molar-refractivity contribution in [3.63, 3.8) is 0 Å². The number of benzene rings is 2. The number of nitrogens with one attached hydrogen (secondary N) is 1. The largest absolute Gasteiger partial charge is 0.350 e. The first-order valence-corrected chi connectivity index (χ1v) is 8.79. The van der Waals surface area contributed by atoms with Crippen LogP contribution in [0.25, 0.3) is 0 Å². The topological polar surface area (TPSA) is 32.3 Å². The van der Waals surface area contributed by atoms with Gasteiger partial charge in [0.15, 0.2) is 0 Å². The summed E-state index contributed by atoms with van der Waals surface area (Å²) >= 11 is 0. The molecule has 1 N–H and O–H groups in total. The summed E-state index contributed by atoms with van der Waals surface area (Å²) in [5.74, 6) is 0.00927. The zero-order chi connectivity index (χ0) is 16.9. The lowest BCUT2D eigenvalue weighted by Gasteiger charge is -2.28. The summed E-state index contributed by atoms with van der Waals surface area (Å²) in [6.07, 6.45) is 2.49. The molecule has 1 amide bonds. The highest BCUT2D eigenvalue weighted by Gasteiger charge is 2.24. The number of rotatable bonds is 5. The van der Waals surface area contributed by atoms with Crippen molar-refractivity contribution in [1.29, 1.82) is 0 Å². The third-order valence-electron chi connectivity index (χ3n) is 4.78. The average molecular weight is 359 g/mol. The molecule has 1 aliphatic heterocycles. The first-order valence-electron chi connectivity index (χ1n) is 8.79. The zero-order valence-corrected chi connectivity index (χ0v) is 15.8. The van der Waals surface area contributed by atoms with Crippen LogP contribution in [0.3, 0.4) is 0 Å². The lowest BCUT2D eigenvalue weighted by molar-refractivity contribution is 0.0938. The van der Waals surface area contributed by atoms with E-state index in [1.165, 1.54) is 24.0 Å². The minimum absolute atomic E-state index is 0. The Bertz CT molecular complexity index is 693. The minimum atomic E-state index is 0. The summed E-state index contributed by atoms with van der Waals surface area (Å²) in [5, 5.41) is 3.14. The highest BCUT2D eigenvalue weighted by Crippen LogP contribution is 2.25. The van der Waals surface area contributed by atoms with Gasteiger partial charge in [0, 0.05) is 12.1 Å². The maximum atomic E-state index is 12.5. The number of aryl methyl sites for hydroxylation is 2. The van der Waals surface area contributed by atoms with E-state index >= 15 is 0 Å². The predicted molar refractivity (Wildman–Crippen MR) is 105 cm³/mol. The van der Waals surface area contributed by atoms with Gasteiger partial charge in [-0.05, 0) is 57.5 Å². The highest BCUT2D eigenvalue weighted by atomic mass is 35.5. The molecule has 2 aromatic carbocycles. The Kier molecular flexibility index (Phi) is 7.03. The molecule has 3 nitrogen and oxygen atoms in total. The number of amides is 1. The molecule has 0 aliphatic carbocycles.